The molecule has 0 saturated heterocycles. The molecule has 88 valence electrons. The van der Waals surface area contributed by atoms with Crippen molar-refractivity contribution in [2.24, 2.45) is 0 Å². The monoisotopic (exact) mass is 225 g/mol. The van der Waals surface area contributed by atoms with Crippen molar-refractivity contribution in [3.63, 3.8) is 0 Å². The zero-order valence-electron chi connectivity index (χ0n) is 9.50. The van der Waals surface area contributed by atoms with Gasteiger partial charge in [0.1, 0.15) is 0 Å². The summed E-state index contributed by atoms with van der Waals surface area (Å²) in [5.74, 6) is -0.593. The van der Waals surface area contributed by atoms with Crippen LogP contribution in [0.4, 0.5) is 4.39 Å². The second-order valence-electron chi connectivity index (χ2n) is 3.48. The third kappa shape index (κ3) is 3.53. The highest BCUT2D eigenvalue weighted by Crippen LogP contribution is 2.16. The van der Waals surface area contributed by atoms with Crippen LogP contribution in [-0.2, 0) is 4.79 Å². The Kier molecular flexibility index (Phi) is 4.76. The predicted octanol–water partition coefficient (Wildman–Crippen LogP) is 2.12. The molecule has 0 aliphatic carbocycles. The van der Waals surface area contributed by atoms with E-state index >= 15 is 0 Å². The number of carbonyl (C=O) groups is 1. The standard InChI is InChI=1S/C12H16FNO2/c1-3-8-14-12(15)9(2)16-11-7-5-4-6-10(11)13/h4-7,9H,3,8H2,1-2H3,(H,14,15). The van der Waals surface area contributed by atoms with Crippen LogP contribution in [0, 0.1) is 5.82 Å². The molecule has 3 nitrogen and oxygen atoms in total. The summed E-state index contributed by atoms with van der Waals surface area (Å²) in [6.45, 7) is 4.16. The number of benzene rings is 1. The minimum Gasteiger partial charge on any atom is -0.478 e. The first-order valence-corrected chi connectivity index (χ1v) is 5.34. The average molecular weight is 225 g/mol. The van der Waals surface area contributed by atoms with E-state index in [1.54, 1.807) is 19.1 Å². The maximum atomic E-state index is 13.2. The van der Waals surface area contributed by atoms with Gasteiger partial charge in [-0.05, 0) is 25.5 Å². The third-order valence-corrected chi connectivity index (χ3v) is 2.06. The van der Waals surface area contributed by atoms with Gasteiger partial charge in [-0.15, -0.1) is 0 Å². The molecule has 0 aromatic heterocycles. The van der Waals surface area contributed by atoms with E-state index in [0.717, 1.165) is 6.42 Å². The molecular weight excluding hydrogens is 209 g/mol. The van der Waals surface area contributed by atoms with E-state index in [1.165, 1.54) is 12.1 Å². The number of rotatable bonds is 5. The zero-order chi connectivity index (χ0) is 12.0. The summed E-state index contributed by atoms with van der Waals surface area (Å²) in [5.41, 5.74) is 0. The Bertz CT molecular complexity index is 355. The lowest BCUT2D eigenvalue weighted by molar-refractivity contribution is -0.127. The Morgan fingerprint density at radius 1 is 1.50 bits per heavy atom. The first kappa shape index (κ1) is 12.5. The van der Waals surface area contributed by atoms with Gasteiger partial charge < -0.3 is 10.1 Å². The third-order valence-electron chi connectivity index (χ3n) is 2.06. The quantitative estimate of drug-likeness (QED) is 0.833. The average Bonchev–Trinajstić information content (AvgIpc) is 2.28. The molecule has 0 spiro atoms. The maximum Gasteiger partial charge on any atom is 0.260 e. The van der Waals surface area contributed by atoms with Crippen molar-refractivity contribution in [1.82, 2.24) is 5.32 Å². The van der Waals surface area contributed by atoms with Gasteiger partial charge in [-0.1, -0.05) is 19.1 Å². The van der Waals surface area contributed by atoms with E-state index in [0.29, 0.717) is 6.54 Å². The second-order valence-corrected chi connectivity index (χ2v) is 3.48. The fraction of sp³-hybridized carbons (Fsp3) is 0.417. The van der Waals surface area contributed by atoms with Crippen molar-refractivity contribution in [3.05, 3.63) is 30.1 Å². The largest absolute Gasteiger partial charge is 0.478 e. The van der Waals surface area contributed by atoms with Crippen LogP contribution in [0.3, 0.4) is 0 Å². The lowest BCUT2D eigenvalue weighted by Crippen LogP contribution is -2.36. The zero-order valence-corrected chi connectivity index (χ0v) is 9.50. The van der Waals surface area contributed by atoms with Gasteiger partial charge in [0.25, 0.3) is 5.91 Å². The first-order chi connectivity index (χ1) is 7.65. The number of hydrogen-bond donors (Lipinski definition) is 1. The van der Waals surface area contributed by atoms with Crippen LogP contribution in [0.2, 0.25) is 0 Å². The highest BCUT2D eigenvalue weighted by molar-refractivity contribution is 5.80. The Balaban J connectivity index is 2.54. The lowest BCUT2D eigenvalue weighted by atomic mass is 10.3. The number of para-hydroxylation sites is 1. The Morgan fingerprint density at radius 3 is 2.81 bits per heavy atom. The number of halogens is 1. The molecule has 0 fully saturated rings. The fourth-order valence-corrected chi connectivity index (χ4v) is 1.18. The number of carbonyl (C=O) groups excluding carboxylic acids is 1. The summed E-state index contributed by atoms with van der Waals surface area (Å²) < 4.78 is 18.4. The topological polar surface area (TPSA) is 38.3 Å². The van der Waals surface area contributed by atoms with E-state index in [9.17, 15) is 9.18 Å². The number of amides is 1. The summed E-state index contributed by atoms with van der Waals surface area (Å²) in [4.78, 5) is 11.5. The van der Waals surface area contributed by atoms with Crippen molar-refractivity contribution in [3.8, 4) is 5.75 Å². The van der Waals surface area contributed by atoms with Gasteiger partial charge in [0.2, 0.25) is 0 Å². The molecule has 0 bridgehead atoms. The van der Waals surface area contributed by atoms with Gasteiger partial charge in [0.15, 0.2) is 17.7 Å². The molecule has 0 heterocycles. The molecule has 1 atom stereocenters. The number of nitrogens with one attached hydrogen (secondary N) is 1. The molecule has 1 N–H and O–H groups in total. The fourth-order valence-electron chi connectivity index (χ4n) is 1.18. The second kappa shape index (κ2) is 6.10. The molecular formula is C12H16FNO2. The normalized spacial score (nSPS) is 11.9. The summed E-state index contributed by atoms with van der Waals surface area (Å²) in [6.07, 6.45) is 0.168. The van der Waals surface area contributed by atoms with Crippen LogP contribution >= 0.6 is 0 Å². The summed E-state index contributed by atoms with van der Waals surface area (Å²) in [7, 11) is 0. The van der Waals surface area contributed by atoms with Gasteiger partial charge in [0, 0.05) is 6.54 Å². The van der Waals surface area contributed by atoms with Gasteiger partial charge in [-0.2, -0.15) is 0 Å². The van der Waals surface area contributed by atoms with Crippen LogP contribution in [0.25, 0.3) is 0 Å². The van der Waals surface area contributed by atoms with Crippen LogP contribution in [-0.4, -0.2) is 18.6 Å². The molecule has 0 saturated carbocycles. The molecule has 0 aliphatic rings. The molecule has 1 aromatic rings. The Hall–Kier alpha value is -1.58. The summed E-state index contributed by atoms with van der Waals surface area (Å²) >= 11 is 0. The highest BCUT2D eigenvalue weighted by atomic mass is 19.1. The van der Waals surface area contributed by atoms with Crippen molar-refractivity contribution in [1.29, 1.82) is 0 Å². The maximum absolute atomic E-state index is 13.2. The molecule has 1 amide bonds. The molecule has 1 aromatic carbocycles. The van der Waals surface area contributed by atoms with Crippen molar-refractivity contribution < 1.29 is 13.9 Å². The summed E-state index contributed by atoms with van der Waals surface area (Å²) in [6, 6.07) is 6.03. The Morgan fingerprint density at radius 2 is 2.19 bits per heavy atom. The SMILES string of the molecule is CCCNC(=O)C(C)Oc1ccccc1F. The van der Waals surface area contributed by atoms with E-state index in [4.69, 9.17) is 4.74 Å². The van der Waals surface area contributed by atoms with E-state index in [1.807, 2.05) is 6.92 Å². The van der Waals surface area contributed by atoms with Gasteiger partial charge in [-0.3, -0.25) is 4.79 Å². The first-order valence-electron chi connectivity index (χ1n) is 5.34. The van der Waals surface area contributed by atoms with Gasteiger partial charge >= 0.3 is 0 Å². The van der Waals surface area contributed by atoms with Crippen LogP contribution in [0.15, 0.2) is 24.3 Å². The van der Waals surface area contributed by atoms with Crippen molar-refractivity contribution >= 4 is 5.91 Å². The molecule has 0 aliphatic heterocycles. The molecule has 0 radical (unpaired) electrons. The molecule has 1 rings (SSSR count). The minimum absolute atomic E-state index is 0.0987. The number of hydrogen-bond acceptors (Lipinski definition) is 2. The van der Waals surface area contributed by atoms with E-state index in [2.05, 4.69) is 5.32 Å². The predicted molar refractivity (Wildman–Crippen MR) is 59.8 cm³/mol. The van der Waals surface area contributed by atoms with E-state index in [-0.39, 0.29) is 11.7 Å². The van der Waals surface area contributed by atoms with Crippen LogP contribution < -0.4 is 10.1 Å². The lowest BCUT2D eigenvalue weighted by Gasteiger charge is -2.14. The van der Waals surface area contributed by atoms with Crippen molar-refractivity contribution in [2.45, 2.75) is 26.4 Å². The Labute approximate surface area is 94.6 Å². The molecule has 4 heteroatoms. The number of ether oxygens (including phenoxy) is 1. The van der Waals surface area contributed by atoms with Gasteiger partial charge in [-0.25, -0.2) is 4.39 Å². The van der Waals surface area contributed by atoms with Gasteiger partial charge in [0.05, 0.1) is 0 Å². The van der Waals surface area contributed by atoms with E-state index < -0.39 is 11.9 Å². The summed E-state index contributed by atoms with van der Waals surface area (Å²) in [5, 5.41) is 2.69. The van der Waals surface area contributed by atoms with Crippen molar-refractivity contribution in [2.75, 3.05) is 6.54 Å². The molecule has 16 heavy (non-hydrogen) atoms. The minimum atomic E-state index is -0.691. The molecule has 1 unspecified atom stereocenters. The van der Waals surface area contributed by atoms with Crippen LogP contribution in [0.1, 0.15) is 20.3 Å². The van der Waals surface area contributed by atoms with Crippen LogP contribution in [0.5, 0.6) is 5.75 Å². The smallest absolute Gasteiger partial charge is 0.260 e. The highest BCUT2D eigenvalue weighted by Gasteiger charge is 2.15.